The van der Waals surface area contributed by atoms with E-state index in [1.54, 1.807) is 0 Å². The van der Waals surface area contributed by atoms with Gasteiger partial charge in [-0.05, 0) is 35.8 Å². The minimum Gasteiger partial charge on any atom is -0.454 e. The lowest BCUT2D eigenvalue weighted by atomic mass is 9.87. The lowest BCUT2D eigenvalue weighted by Crippen LogP contribution is -2.23. The summed E-state index contributed by atoms with van der Waals surface area (Å²) in [6.45, 7) is 17.8. The van der Waals surface area contributed by atoms with Crippen LogP contribution in [0.5, 0.6) is 0 Å². The Bertz CT molecular complexity index is 495. The van der Waals surface area contributed by atoms with E-state index in [2.05, 4.69) is 18.7 Å². The Labute approximate surface area is 142 Å². The van der Waals surface area contributed by atoms with E-state index in [-0.39, 0.29) is 17.5 Å². The second-order valence-electron chi connectivity index (χ2n) is 6.21. The molecule has 2 heteroatoms. The smallest absolute Gasteiger partial charge is 0.334 e. The molecule has 1 aromatic carbocycles. The van der Waals surface area contributed by atoms with Crippen LogP contribution in [0.1, 0.15) is 78.5 Å². The largest absolute Gasteiger partial charge is 0.454 e. The Morgan fingerprint density at radius 1 is 1.13 bits per heavy atom. The average Bonchev–Trinajstić information content (AvgIpc) is 2.57. The number of ether oxygens (including phenoxy) is 1. The van der Waals surface area contributed by atoms with E-state index in [9.17, 15) is 4.79 Å². The first-order valence-corrected chi connectivity index (χ1v) is 8.88. The van der Waals surface area contributed by atoms with Crippen molar-refractivity contribution in [3.8, 4) is 0 Å². The topological polar surface area (TPSA) is 26.3 Å². The van der Waals surface area contributed by atoms with Gasteiger partial charge in [0.25, 0.3) is 0 Å². The molecular weight excluding hydrogens is 284 g/mol. The zero-order chi connectivity index (χ0) is 18.0. The van der Waals surface area contributed by atoms with Gasteiger partial charge in [-0.25, -0.2) is 4.79 Å². The predicted octanol–water partition coefficient (Wildman–Crippen LogP) is 6.26. The highest BCUT2D eigenvalue weighted by Gasteiger charge is 2.28. The summed E-state index contributed by atoms with van der Waals surface area (Å²) in [6, 6.07) is 8.22. The van der Waals surface area contributed by atoms with Crippen LogP contribution < -0.4 is 0 Å². The number of carbonyl (C=O) groups is 1. The number of fused-ring (bicyclic) bond motifs is 1. The van der Waals surface area contributed by atoms with Crippen LogP contribution in [0.2, 0.25) is 0 Å². The third kappa shape index (κ3) is 6.21. The molecule has 0 radical (unpaired) electrons. The molecule has 2 rings (SSSR count). The molecule has 0 aromatic heterocycles. The van der Waals surface area contributed by atoms with Gasteiger partial charge in [-0.3, -0.25) is 0 Å². The molecule has 0 saturated carbocycles. The fourth-order valence-electron chi connectivity index (χ4n) is 2.34. The van der Waals surface area contributed by atoms with Gasteiger partial charge in [0.15, 0.2) is 0 Å². The van der Waals surface area contributed by atoms with Crippen molar-refractivity contribution in [1.29, 1.82) is 0 Å². The maximum Gasteiger partial charge on any atom is 0.334 e. The highest BCUT2D eigenvalue weighted by molar-refractivity contribution is 5.89. The number of benzene rings is 1. The normalized spacial score (nSPS) is 15.9. The van der Waals surface area contributed by atoms with Gasteiger partial charge in [-0.1, -0.05) is 79.3 Å². The lowest BCUT2D eigenvalue weighted by molar-refractivity contribution is -0.146. The summed E-state index contributed by atoms with van der Waals surface area (Å²) < 4.78 is 5.67. The summed E-state index contributed by atoms with van der Waals surface area (Å²) in [4.78, 5) is 12.1. The number of aryl methyl sites for hydroxylation is 1. The molecule has 0 spiro atoms. The Kier molecular flexibility index (Phi) is 9.55. The molecule has 2 nitrogen and oxygen atoms in total. The van der Waals surface area contributed by atoms with Gasteiger partial charge in [0.2, 0.25) is 0 Å². The summed E-state index contributed by atoms with van der Waals surface area (Å²) in [5.41, 5.74) is 2.75. The third-order valence-electron chi connectivity index (χ3n) is 3.72. The van der Waals surface area contributed by atoms with Crippen LogP contribution >= 0.6 is 0 Å². The van der Waals surface area contributed by atoms with Crippen molar-refractivity contribution in [2.45, 2.75) is 73.8 Å². The monoisotopic (exact) mass is 318 g/mol. The van der Waals surface area contributed by atoms with E-state index in [0.29, 0.717) is 5.57 Å². The second kappa shape index (κ2) is 10.3. The fourth-order valence-corrected chi connectivity index (χ4v) is 2.34. The Hall–Kier alpha value is -1.57. The van der Waals surface area contributed by atoms with Crippen LogP contribution in [0.4, 0.5) is 0 Å². The van der Waals surface area contributed by atoms with Crippen LogP contribution in [-0.4, -0.2) is 5.97 Å². The number of rotatable bonds is 2. The van der Waals surface area contributed by atoms with Crippen molar-refractivity contribution in [3.63, 3.8) is 0 Å². The second-order valence-corrected chi connectivity index (χ2v) is 6.21. The molecule has 0 aliphatic heterocycles. The number of hydrogen-bond acceptors (Lipinski definition) is 2. The van der Waals surface area contributed by atoms with Crippen LogP contribution in [-0.2, 0) is 16.0 Å². The summed E-state index contributed by atoms with van der Waals surface area (Å²) in [6.07, 6.45) is 2.93. The SMILES string of the molecule is C=C(C(=O)OC1CCCc2ccccc21)C(C)(C)C.CC.CC. The minimum atomic E-state index is -0.269. The van der Waals surface area contributed by atoms with Gasteiger partial charge < -0.3 is 4.74 Å². The molecule has 1 aliphatic carbocycles. The van der Waals surface area contributed by atoms with E-state index in [1.807, 2.05) is 60.6 Å². The third-order valence-corrected chi connectivity index (χ3v) is 3.72. The zero-order valence-corrected chi connectivity index (χ0v) is 16.0. The average molecular weight is 319 g/mol. The molecule has 1 atom stereocenters. The van der Waals surface area contributed by atoms with E-state index >= 15 is 0 Å². The van der Waals surface area contributed by atoms with Gasteiger partial charge in [0.05, 0.1) is 0 Å². The first-order chi connectivity index (χ1) is 10.9. The molecule has 1 aliphatic rings. The standard InChI is InChI=1S/C17H22O2.2C2H6/c1-12(17(2,3)4)16(18)19-15-11-7-9-13-8-5-6-10-14(13)15;2*1-2/h5-6,8,10,15H,1,7,9,11H2,2-4H3;2*1-2H3. The zero-order valence-electron chi connectivity index (χ0n) is 16.0. The van der Waals surface area contributed by atoms with Crippen LogP contribution in [0.25, 0.3) is 0 Å². The fraction of sp³-hybridized carbons (Fsp3) is 0.571. The summed E-state index contributed by atoms with van der Waals surface area (Å²) in [7, 11) is 0. The van der Waals surface area contributed by atoms with Crippen LogP contribution in [0.15, 0.2) is 36.4 Å². The molecule has 0 amide bonds. The van der Waals surface area contributed by atoms with Gasteiger partial charge in [-0.2, -0.15) is 0 Å². The quantitative estimate of drug-likeness (QED) is 0.475. The van der Waals surface area contributed by atoms with Crippen LogP contribution in [0.3, 0.4) is 0 Å². The van der Waals surface area contributed by atoms with E-state index < -0.39 is 0 Å². The van der Waals surface area contributed by atoms with Gasteiger partial charge in [-0.15, -0.1) is 0 Å². The Morgan fingerprint density at radius 3 is 2.26 bits per heavy atom. The van der Waals surface area contributed by atoms with E-state index in [0.717, 1.165) is 24.8 Å². The van der Waals surface area contributed by atoms with Gasteiger partial charge in [0.1, 0.15) is 6.10 Å². The van der Waals surface area contributed by atoms with Gasteiger partial charge in [0, 0.05) is 5.57 Å². The van der Waals surface area contributed by atoms with Crippen molar-refractivity contribution in [2.75, 3.05) is 0 Å². The maximum absolute atomic E-state index is 12.1. The lowest BCUT2D eigenvalue weighted by Gasteiger charge is -2.27. The first-order valence-electron chi connectivity index (χ1n) is 8.88. The number of carbonyl (C=O) groups excluding carboxylic acids is 1. The minimum absolute atomic E-state index is 0.114. The van der Waals surface area contributed by atoms with Crippen molar-refractivity contribution < 1.29 is 9.53 Å². The molecular formula is C21H34O2. The highest BCUT2D eigenvalue weighted by atomic mass is 16.5. The van der Waals surface area contributed by atoms with E-state index in [4.69, 9.17) is 4.74 Å². The Morgan fingerprint density at radius 2 is 1.70 bits per heavy atom. The van der Waals surface area contributed by atoms with Crippen molar-refractivity contribution >= 4 is 5.97 Å². The molecule has 23 heavy (non-hydrogen) atoms. The molecule has 0 bridgehead atoms. The summed E-state index contributed by atoms with van der Waals surface area (Å²) in [5.74, 6) is -0.269. The Balaban J connectivity index is 0.00000112. The van der Waals surface area contributed by atoms with E-state index in [1.165, 1.54) is 5.56 Å². The van der Waals surface area contributed by atoms with Crippen molar-refractivity contribution in [1.82, 2.24) is 0 Å². The maximum atomic E-state index is 12.1. The van der Waals surface area contributed by atoms with Crippen molar-refractivity contribution in [3.05, 3.63) is 47.5 Å². The molecule has 0 saturated heterocycles. The van der Waals surface area contributed by atoms with Crippen LogP contribution in [0, 0.1) is 5.41 Å². The number of hydrogen-bond donors (Lipinski definition) is 0. The highest BCUT2D eigenvalue weighted by Crippen LogP contribution is 2.34. The molecule has 0 fully saturated rings. The molecule has 1 aromatic rings. The molecule has 130 valence electrons. The summed E-state index contributed by atoms with van der Waals surface area (Å²) >= 11 is 0. The van der Waals surface area contributed by atoms with Crippen molar-refractivity contribution in [2.24, 2.45) is 5.41 Å². The summed E-state index contributed by atoms with van der Waals surface area (Å²) in [5, 5.41) is 0. The van der Waals surface area contributed by atoms with Gasteiger partial charge >= 0.3 is 5.97 Å². The predicted molar refractivity (Wildman–Crippen MR) is 99.5 cm³/mol. The first kappa shape index (κ1) is 21.4. The molecule has 0 heterocycles. The molecule has 0 N–H and O–H groups in total. The number of esters is 1. The molecule has 1 unspecified atom stereocenters.